The van der Waals surface area contributed by atoms with E-state index in [2.05, 4.69) is 10.4 Å². The highest BCUT2D eigenvalue weighted by Gasteiger charge is 2.18. The molecule has 0 bridgehead atoms. The molecule has 3 rings (SSSR count). The second kappa shape index (κ2) is 6.52. The summed E-state index contributed by atoms with van der Waals surface area (Å²) in [4.78, 5) is 12.4. The molecule has 1 amide bonds. The monoisotopic (exact) mass is 309 g/mol. The Kier molecular flexibility index (Phi) is 4.28. The molecule has 0 unspecified atom stereocenters. The van der Waals surface area contributed by atoms with Crippen LogP contribution in [0.25, 0.3) is 0 Å². The van der Waals surface area contributed by atoms with Gasteiger partial charge in [-0.2, -0.15) is 5.10 Å². The van der Waals surface area contributed by atoms with Gasteiger partial charge >= 0.3 is 0 Å². The maximum atomic E-state index is 12.4. The second-order valence-corrected chi connectivity index (χ2v) is 5.45. The summed E-state index contributed by atoms with van der Waals surface area (Å²) in [5.74, 6) is 0.598. The van der Waals surface area contributed by atoms with Gasteiger partial charge in [-0.05, 0) is 31.5 Å². The van der Waals surface area contributed by atoms with Gasteiger partial charge in [-0.15, -0.1) is 0 Å². The normalized spacial score (nSPS) is 10.7. The molecule has 1 N–H and O–H groups in total. The standard InChI is InChI=1S/C18H19N3O2/c1-13-17(18(22)19-11-16-9-6-10-23-16)14(2)21(20-13)12-15-7-4-3-5-8-15/h3-10H,11-12H2,1-2H3,(H,19,22). The van der Waals surface area contributed by atoms with E-state index in [0.29, 0.717) is 18.7 Å². The third-order valence-electron chi connectivity index (χ3n) is 3.79. The number of nitrogens with one attached hydrogen (secondary N) is 1. The third kappa shape index (κ3) is 3.34. The largest absolute Gasteiger partial charge is 0.467 e. The minimum Gasteiger partial charge on any atom is -0.467 e. The molecule has 0 saturated carbocycles. The Morgan fingerprint density at radius 3 is 2.65 bits per heavy atom. The lowest BCUT2D eigenvalue weighted by molar-refractivity contribution is 0.0946. The quantitative estimate of drug-likeness (QED) is 0.788. The fraction of sp³-hybridized carbons (Fsp3) is 0.222. The Labute approximate surface area is 134 Å². The predicted octanol–water partition coefficient (Wildman–Crippen LogP) is 3.07. The highest BCUT2D eigenvalue weighted by molar-refractivity contribution is 5.96. The predicted molar refractivity (Wildman–Crippen MR) is 87.1 cm³/mol. The molecule has 5 nitrogen and oxygen atoms in total. The lowest BCUT2D eigenvalue weighted by Gasteiger charge is -2.06. The molecule has 5 heteroatoms. The van der Waals surface area contributed by atoms with Gasteiger partial charge in [-0.1, -0.05) is 30.3 Å². The maximum Gasteiger partial charge on any atom is 0.255 e. The molecule has 0 saturated heterocycles. The zero-order valence-corrected chi connectivity index (χ0v) is 13.2. The SMILES string of the molecule is Cc1nn(Cc2ccccc2)c(C)c1C(=O)NCc1ccco1. The summed E-state index contributed by atoms with van der Waals surface area (Å²) in [7, 11) is 0. The molecule has 0 aliphatic heterocycles. The molecule has 0 radical (unpaired) electrons. The molecule has 0 aliphatic rings. The smallest absolute Gasteiger partial charge is 0.255 e. The Balaban J connectivity index is 1.76. The van der Waals surface area contributed by atoms with Gasteiger partial charge in [-0.3, -0.25) is 9.48 Å². The van der Waals surface area contributed by atoms with Crippen molar-refractivity contribution in [2.24, 2.45) is 0 Å². The summed E-state index contributed by atoms with van der Waals surface area (Å²) in [5.41, 5.74) is 3.38. The molecular formula is C18H19N3O2. The van der Waals surface area contributed by atoms with Crippen molar-refractivity contribution < 1.29 is 9.21 Å². The second-order valence-electron chi connectivity index (χ2n) is 5.45. The van der Waals surface area contributed by atoms with E-state index in [9.17, 15) is 4.79 Å². The van der Waals surface area contributed by atoms with Crippen LogP contribution in [0.5, 0.6) is 0 Å². The lowest BCUT2D eigenvalue weighted by atomic mass is 10.1. The third-order valence-corrected chi connectivity index (χ3v) is 3.79. The number of hydrogen-bond donors (Lipinski definition) is 1. The average Bonchev–Trinajstić information content (AvgIpc) is 3.15. The molecule has 2 heterocycles. The van der Waals surface area contributed by atoms with E-state index in [1.165, 1.54) is 0 Å². The molecule has 0 fully saturated rings. The highest BCUT2D eigenvalue weighted by atomic mass is 16.3. The van der Waals surface area contributed by atoms with Crippen molar-refractivity contribution in [3.05, 3.63) is 77.0 Å². The molecule has 1 aromatic carbocycles. The number of aryl methyl sites for hydroxylation is 1. The number of aromatic nitrogens is 2. The number of hydrogen-bond acceptors (Lipinski definition) is 3. The highest BCUT2D eigenvalue weighted by Crippen LogP contribution is 2.15. The van der Waals surface area contributed by atoms with E-state index in [1.807, 2.05) is 54.9 Å². The molecule has 2 aromatic heterocycles. The zero-order valence-electron chi connectivity index (χ0n) is 13.2. The lowest BCUT2D eigenvalue weighted by Crippen LogP contribution is -2.23. The number of nitrogens with zero attached hydrogens (tertiary/aromatic N) is 2. The summed E-state index contributed by atoms with van der Waals surface area (Å²) in [6.45, 7) is 4.80. The number of carbonyl (C=O) groups is 1. The Morgan fingerprint density at radius 2 is 1.96 bits per heavy atom. The van der Waals surface area contributed by atoms with Gasteiger partial charge in [0.15, 0.2) is 0 Å². The van der Waals surface area contributed by atoms with E-state index >= 15 is 0 Å². The van der Waals surface area contributed by atoms with Gasteiger partial charge in [0.05, 0.1) is 30.6 Å². The van der Waals surface area contributed by atoms with Gasteiger partial charge in [-0.25, -0.2) is 0 Å². The molecule has 3 aromatic rings. The van der Waals surface area contributed by atoms with Crippen LogP contribution in [0.2, 0.25) is 0 Å². The van der Waals surface area contributed by atoms with Crippen LogP contribution < -0.4 is 5.32 Å². The number of carbonyl (C=O) groups excluding carboxylic acids is 1. The van der Waals surface area contributed by atoms with Crippen LogP contribution in [0, 0.1) is 13.8 Å². The van der Waals surface area contributed by atoms with Gasteiger partial charge in [0.2, 0.25) is 0 Å². The van der Waals surface area contributed by atoms with E-state index in [1.54, 1.807) is 12.3 Å². The first-order valence-corrected chi connectivity index (χ1v) is 7.53. The van der Waals surface area contributed by atoms with Gasteiger partial charge in [0, 0.05) is 5.69 Å². The molecular weight excluding hydrogens is 290 g/mol. The summed E-state index contributed by atoms with van der Waals surface area (Å²) in [6.07, 6.45) is 1.59. The van der Waals surface area contributed by atoms with Crippen molar-refractivity contribution in [2.75, 3.05) is 0 Å². The van der Waals surface area contributed by atoms with Crippen molar-refractivity contribution in [1.29, 1.82) is 0 Å². The van der Waals surface area contributed by atoms with E-state index in [-0.39, 0.29) is 5.91 Å². The minimum absolute atomic E-state index is 0.129. The van der Waals surface area contributed by atoms with Crippen molar-refractivity contribution in [3.8, 4) is 0 Å². The first-order valence-electron chi connectivity index (χ1n) is 7.53. The van der Waals surface area contributed by atoms with Crippen LogP contribution in [-0.4, -0.2) is 15.7 Å². The van der Waals surface area contributed by atoms with Crippen LogP contribution in [0.1, 0.15) is 33.1 Å². The number of amides is 1. The van der Waals surface area contributed by atoms with Crippen LogP contribution >= 0.6 is 0 Å². The van der Waals surface area contributed by atoms with Crippen molar-refractivity contribution in [1.82, 2.24) is 15.1 Å². The van der Waals surface area contributed by atoms with Crippen molar-refractivity contribution in [2.45, 2.75) is 26.9 Å². The van der Waals surface area contributed by atoms with Gasteiger partial charge in [0.1, 0.15) is 5.76 Å². The summed E-state index contributed by atoms with van der Waals surface area (Å²) >= 11 is 0. The molecule has 0 atom stereocenters. The average molecular weight is 309 g/mol. The fourth-order valence-electron chi connectivity index (χ4n) is 2.60. The van der Waals surface area contributed by atoms with Crippen molar-refractivity contribution in [3.63, 3.8) is 0 Å². The van der Waals surface area contributed by atoms with Crippen molar-refractivity contribution >= 4 is 5.91 Å². The molecule has 118 valence electrons. The van der Waals surface area contributed by atoms with E-state index < -0.39 is 0 Å². The van der Waals surface area contributed by atoms with Crippen LogP contribution in [-0.2, 0) is 13.1 Å². The first kappa shape index (κ1) is 15.1. The van der Waals surface area contributed by atoms with Crippen LogP contribution in [0.15, 0.2) is 53.1 Å². The Bertz CT molecular complexity index is 789. The Hall–Kier alpha value is -2.82. The van der Waals surface area contributed by atoms with Crippen LogP contribution in [0.4, 0.5) is 0 Å². The minimum atomic E-state index is -0.129. The topological polar surface area (TPSA) is 60.1 Å². The van der Waals surface area contributed by atoms with E-state index in [4.69, 9.17) is 4.42 Å². The molecule has 0 aliphatic carbocycles. The van der Waals surface area contributed by atoms with E-state index in [0.717, 1.165) is 22.7 Å². The molecule has 0 spiro atoms. The first-order chi connectivity index (χ1) is 11.1. The maximum absolute atomic E-state index is 12.4. The number of rotatable bonds is 5. The zero-order chi connectivity index (χ0) is 16.2. The molecule has 23 heavy (non-hydrogen) atoms. The van der Waals surface area contributed by atoms with Crippen LogP contribution in [0.3, 0.4) is 0 Å². The van der Waals surface area contributed by atoms with Gasteiger partial charge in [0.25, 0.3) is 5.91 Å². The summed E-state index contributed by atoms with van der Waals surface area (Å²) < 4.78 is 7.10. The summed E-state index contributed by atoms with van der Waals surface area (Å²) in [5, 5.41) is 7.38. The number of furan rings is 1. The number of benzene rings is 1. The van der Waals surface area contributed by atoms with Gasteiger partial charge < -0.3 is 9.73 Å². The summed E-state index contributed by atoms with van der Waals surface area (Å²) in [6, 6.07) is 13.7. The fourth-order valence-corrected chi connectivity index (χ4v) is 2.60. The Morgan fingerprint density at radius 1 is 1.17 bits per heavy atom.